The molecule has 0 heterocycles. The molecule has 0 aliphatic heterocycles. The van der Waals surface area contributed by atoms with Gasteiger partial charge in [0.25, 0.3) is 0 Å². The van der Waals surface area contributed by atoms with Crippen molar-refractivity contribution in [2.24, 2.45) is 0 Å². The van der Waals surface area contributed by atoms with Crippen LogP contribution in [0.25, 0.3) is 0 Å². The Balaban J connectivity index is 2.57. The number of allylic oxidation sites excluding steroid dienone is 24. The number of phosphoric ester groups is 1. The maximum Gasteiger partial charge on any atom is 0.472 e. The highest BCUT2D eigenvalue weighted by Crippen LogP contribution is 2.47. The van der Waals surface area contributed by atoms with Gasteiger partial charge in [-0.3, -0.25) is 18.6 Å². The van der Waals surface area contributed by atoms with Crippen LogP contribution in [0.5, 0.6) is 0 Å². The molecule has 1 aliphatic rings. The number of hydrogen-bond acceptors (Lipinski definition) is 12. The first-order valence-corrected chi connectivity index (χ1v) is 25.1. The summed E-state index contributed by atoms with van der Waals surface area (Å²) in [5, 5.41) is 50.2. The Morgan fingerprint density at radius 1 is 0.448 bits per heavy atom. The molecular formula is C53H79O13P. The van der Waals surface area contributed by atoms with Gasteiger partial charge in [-0.15, -0.1) is 0 Å². The molecule has 0 amide bonds. The largest absolute Gasteiger partial charge is 0.472 e. The quantitative estimate of drug-likeness (QED) is 0.0197. The van der Waals surface area contributed by atoms with E-state index >= 15 is 0 Å². The number of esters is 2. The van der Waals surface area contributed by atoms with Gasteiger partial charge in [-0.05, 0) is 89.9 Å². The molecule has 0 spiro atoms. The van der Waals surface area contributed by atoms with E-state index in [0.717, 1.165) is 64.2 Å². The fraction of sp³-hybridized carbons (Fsp3) is 0.509. The van der Waals surface area contributed by atoms with Crippen molar-refractivity contribution in [2.45, 2.75) is 159 Å². The third-order valence-electron chi connectivity index (χ3n) is 9.70. The van der Waals surface area contributed by atoms with E-state index < -0.39 is 75.7 Å². The Morgan fingerprint density at radius 2 is 0.746 bits per heavy atom. The van der Waals surface area contributed by atoms with Gasteiger partial charge in [0, 0.05) is 12.8 Å². The maximum atomic E-state index is 12.8. The second kappa shape index (κ2) is 40.8. The van der Waals surface area contributed by atoms with Gasteiger partial charge in [-0.1, -0.05) is 160 Å². The van der Waals surface area contributed by atoms with Gasteiger partial charge in [0.1, 0.15) is 43.2 Å². The number of carbonyl (C=O) groups excluding carboxylic acids is 2. The van der Waals surface area contributed by atoms with Crippen molar-refractivity contribution in [3.05, 3.63) is 146 Å². The number of ether oxygens (including phenoxy) is 2. The van der Waals surface area contributed by atoms with Crippen LogP contribution in [0.2, 0.25) is 0 Å². The van der Waals surface area contributed by atoms with Crippen molar-refractivity contribution in [2.75, 3.05) is 13.2 Å². The third kappa shape index (κ3) is 33.0. The Hall–Kier alpha value is -4.27. The Morgan fingerprint density at radius 3 is 1.09 bits per heavy atom. The van der Waals surface area contributed by atoms with E-state index in [2.05, 4.69) is 117 Å². The molecule has 0 aromatic heterocycles. The number of rotatable bonds is 36. The van der Waals surface area contributed by atoms with E-state index in [1.807, 2.05) is 42.5 Å². The molecule has 14 heteroatoms. The minimum absolute atomic E-state index is 0.0158. The predicted octanol–water partition coefficient (Wildman–Crippen LogP) is 9.72. The molecule has 0 aromatic rings. The highest BCUT2D eigenvalue weighted by molar-refractivity contribution is 7.47. The van der Waals surface area contributed by atoms with Crippen molar-refractivity contribution >= 4 is 19.8 Å². The average Bonchev–Trinajstić information content (AvgIpc) is 3.31. The summed E-state index contributed by atoms with van der Waals surface area (Å²) >= 11 is 0. The standard InChI is InChI=1S/C53H79O13P/c1-3-5-7-9-11-13-15-17-19-21-23-25-27-29-31-33-35-37-39-41-46(54)63-43-45(44-64-67(61,62)66-53-51(59)49(57)48(56)50(58)52(53)60)65-47(55)42-40-38-36-34-32-30-28-26-24-22-20-18-16-14-12-10-8-6-4-2/h5-8,11-14,17-20,23-26,29-32,35-38,45,48-53,56-60H,3-4,9-10,15-16,21-22,27-28,33-34,39-44H2,1-2H3,(H,61,62)/b7-5-,8-6-,13-11-,14-12-,19-17-,20-18-,25-23-,26-24-,31-29-,32-30-,37-35-,38-36-. The smallest absolute Gasteiger partial charge is 0.462 e. The highest BCUT2D eigenvalue weighted by Gasteiger charge is 2.51. The SMILES string of the molecule is CC/C=C\C/C=C\C/C=C\C/C=C\C/C=C\C/C=C\CCC(=O)OCC(COP(=O)(O)OC1C(O)C(O)C(O)C(O)C1O)OC(=O)CC/C=C\C/C=C\C/C=C\C/C=C\C/C=C\C/C=C\CC. The summed E-state index contributed by atoms with van der Waals surface area (Å²) in [6, 6.07) is 0. The Labute approximate surface area is 400 Å². The molecule has 374 valence electrons. The molecule has 6 N–H and O–H groups in total. The van der Waals surface area contributed by atoms with Gasteiger partial charge in [0.05, 0.1) is 6.61 Å². The minimum Gasteiger partial charge on any atom is -0.462 e. The number of aliphatic hydroxyl groups excluding tert-OH is 5. The van der Waals surface area contributed by atoms with Crippen LogP contribution in [-0.2, 0) is 32.7 Å². The molecule has 0 radical (unpaired) electrons. The van der Waals surface area contributed by atoms with Gasteiger partial charge < -0.3 is 39.9 Å². The van der Waals surface area contributed by atoms with Crippen LogP contribution in [0.4, 0.5) is 0 Å². The summed E-state index contributed by atoms with van der Waals surface area (Å²) in [7, 11) is -5.17. The summed E-state index contributed by atoms with van der Waals surface area (Å²) < 4.78 is 33.4. The van der Waals surface area contributed by atoms with Crippen molar-refractivity contribution < 1.29 is 63.1 Å². The van der Waals surface area contributed by atoms with Crippen molar-refractivity contribution in [3.63, 3.8) is 0 Å². The number of carbonyl (C=O) groups is 2. The zero-order valence-electron chi connectivity index (χ0n) is 39.6. The summed E-state index contributed by atoms with van der Waals surface area (Å²) in [4.78, 5) is 35.7. The van der Waals surface area contributed by atoms with Gasteiger partial charge in [0.15, 0.2) is 6.10 Å². The van der Waals surface area contributed by atoms with Gasteiger partial charge >= 0.3 is 19.8 Å². The Bertz CT molecular complexity index is 1720. The highest BCUT2D eigenvalue weighted by atomic mass is 31.2. The fourth-order valence-electron chi connectivity index (χ4n) is 5.98. The van der Waals surface area contributed by atoms with Crippen LogP contribution in [0.15, 0.2) is 146 Å². The maximum absolute atomic E-state index is 12.8. The molecule has 6 atom stereocenters. The first kappa shape index (κ1) is 60.7. The number of hydrogen-bond donors (Lipinski definition) is 6. The molecule has 13 nitrogen and oxygen atoms in total. The zero-order valence-corrected chi connectivity index (χ0v) is 40.5. The van der Waals surface area contributed by atoms with Gasteiger partial charge in [-0.2, -0.15) is 0 Å². The number of phosphoric acid groups is 1. The van der Waals surface area contributed by atoms with Crippen molar-refractivity contribution in [1.82, 2.24) is 0 Å². The van der Waals surface area contributed by atoms with E-state index in [9.17, 15) is 44.6 Å². The van der Waals surface area contributed by atoms with E-state index in [1.54, 1.807) is 0 Å². The predicted molar refractivity (Wildman–Crippen MR) is 266 cm³/mol. The lowest BCUT2D eigenvalue weighted by Crippen LogP contribution is -2.64. The van der Waals surface area contributed by atoms with E-state index in [4.69, 9.17) is 18.5 Å². The monoisotopic (exact) mass is 955 g/mol. The molecule has 1 aliphatic carbocycles. The first-order chi connectivity index (χ1) is 32.4. The second-order valence-electron chi connectivity index (χ2n) is 15.5. The summed E-state index contributed by atoms with van der Waals surface area (Å²) in [5.74, 6) is -1.31. The molecule has 67 heavy (non-hydrogen) atoms. The van der Waals surface area contributed by atoms with Crippen LogP contribution in [0.3, 0.4) is 0 Å². The van der Waals surface area contributed by atoms with Crippen LogP contribution >= 0.6 is 7.82 Å². The second-order valence-corrected chi connectivity index (χ2v) is 16.9. The lowest BCUT2D eigenvalue weighted by Gasteiger charge is -2.41. The van der Waals surface area contributed by atoms with Crippen molar-refractivity contribution in [1.29, 1.82) is 0 Å². The molecular weight excluding hydrogens is 876 g/mol. The van der Waals surface area contributed by atoms with Crippen LogP contribution in [0.1, 0.15) is 117 Å². The van der Waals surface area contributed by atoms with E-state index in [1.165, 1.54) is 0 Å². The molecule has 0 aromatic carbocycles. The molecule has 1 fully saturated rings. The van der Waals surface area contributed by atoms with Gasteiger partial charge in [-0.25, -0.2) is 4.57 Å². The zero-order chi connectivity index (χ0) is 49.2. The Kier molecular flexibility index (Phi) is 37.0. The molecule has 0 saturated heterocycles. The lowest BCUT2D eigenvalue weighted by atomic mass is 9.85. The summed E-state index contributed by atoms with van der Waals surface area (Å²) in [6.45, 7) is 2.92. The van der Waals surface area contributed by atoms with Crippen LogP contribution in [0, 0.1) is 0 Å². The molecule has 1 saturated carbocycles. The molecule has 0 bridgehead atoms. The fourth-order valence-corrected chi connectivity index (χ4v) is 6.96. The van der Waals surface area contributed by atoms with Crippen molar-refractivity contribution in [3.8, 4) is 0 Å². The van der Waals surface area contributed by atoms with Gasteiger partial charge in [0.2, 0.25) is 0 Å². The van der Waals surface area contributed by atoms with E-state index in [-0.39, 0.29) is 12.8 Å². The molecule has 6 unspecified atom stereocenters. The first-order valence-electron chi connectivity index (χ1n) is 23.6. The van der Waals surface area contributed by atoms with Crippen LogP contribution in [-0.4, -0.2) is 98.3 Å². The van der Waals surface area contributed by atoms with Crippen LogP contribution < -0.4 is 0 Å². The third-order valence-corrected chi connectivity index (χ3v) is 10.7. The number of aliphatic hydroxyl groups is 5. The topological polar surface area (TPSA) is 210 Å². The minimum atomic E-state index is -5.17. The lowest BCUT2D eigenvalue weighted by molar-refractivity contribution is -0.220. The summed E-state index contributed by atoms with van der Waals surface area (Å²) in [5.41, 5.74) is 0. The average molecular weight is 955 g/mol. The van der Waals surface area contributed by atoms with E-state index in [0.29, 0.717) is 25.7 Å². The molecule has 1 rings (SSSR count). The normalized spacial score (nSPS) is 22.4. The summed E-state index contributed by atoms with van der Waals surface area (Å²) in [6.07, 6.45) is 47.8.